The lowest BCUT2D eigenvalue weighted by atomic mass is 10.0. The van der Waals surface area contributed by atoms with Crippen LogP contribution in [0.15, 0.2) is 0 Å². The number of alkyl halides is 3. The van der Waals surface area contributed by atoms with Crippen LogP contribution in [-0.4, -0.2) is 43.8 Å². The van der Waals surface area contributed by atoms with Crippen LogP contribution in [0.5, 0.6) is 0 Å². The Labute approximate surface area is 103 Å². The van der Waals surface area contributed by atoms with Gasteiger partial charge in [0.05, 0.1) is 6.54 Å². The summed E-state index contributed by atoms with van der Waals surface area (Å²) in [5.41, 5.74) is 0. The molecule has 0 aliphatic rings. The summed E-state index contributed by atoms with van der Waals surface area (Å²) in [4.78, 5) is 2.21. The van der Waals surface area contributed by atoms with E-state index in [0.29, 0.717) is 19.0 Å². The lowest BCUT2D eigenvalue weighted by Gasteiger charge is -2.25. The maximum absolute atomic E-state index is 11.9. The molecule has 0 aliphatic carbocycles. The number of hydrogen-bond donors (Lipinski definition) is 1. The molecule has 0 bridgehead atoms. The van der Waals surface area contributed by atoms with Crippen LogP contribution in [0.3, 0.4) is 0 Å². The van der Waals surface area contributed by atoms with Crippen molar-refractivity contribution in [3.8, 4) is 0 Å². The molecule has 0 amide bonds. The fourth-order valence-electron chi connectivity index (χ4n) is 1.76. The van der Waals surface area contributed by atoms with Gasteiger partial charge in [0.1, 0.15) is 0 Å². The Kier molecular flexibility index (Phi) is 8.60. The summed E-state index contributed by atoms with van der Waals surface area (Å²) < 4.78 is 35.7. The highest BCUT2D eigenvalue weighted by molar-refractivity contribution is 4.65. The minimum Gasteiger partial charge on any atom is -0.307 e. The summed E-state index contributed by atoms with van der Waals surface area (Å²) in [6.45, 7) is 8.42. The third-order valence-corrected chi connectivity index (χ3v) is 3.05. The van der Waals surface area contributed by atoms with Gasteiger partial charge in [-0.25, -0.2) is 0 Å². The van der Waals surface area contributed by atoms with Crippen LogP contribution >= 0.6 is 0 Å². The van der Waals surface area contributed by atoms with Crippen LogP contribution in [0.1, 0.15) is 33.6 Å². The summed E-state index contributed by atoms with van der Waals surface area (Å²) in [5, 5.41) is 2.43. The first-order valence-corrected chi connectivity index (χ1v) is 6.42. The standard InChI is InChI=1S/C12H25F3N2/c1-4-11(5-2)9-17(6-3)8-7-16-10-12(13,14)15/h11,16H,4-10H2,1-3H3. The van der Waals surface area contributed by atoms with E-state index in [9.17, 15) is 13.2 Å². The van der Waals surface area contributed by atoms with Crippen molar-refractivity contribution in [2.75, 3.05) is 32.7 Å². The molecule has 0 heterocycles. The van der Waals surface area contributed by atoms with E-state index in [0.717, 1.165) is 25.9 Å². The smallest absolute Gasteiger partial charge is 0.307 e. The molecule has 0 saturated heterocycles. The van der Waals surface area contributed by atoms with Crippen molar-refractivity contribution in [3.05, 3.63) is 0 Å². The van der Waals surface area contributed by atoms with Gasteiger partial charge in [-0.1, -0.05) is 33.6 Å². The van der Waals surface area contributed by atoms with Crippen LogP contribution < -0.4 is 5.32 Å². The van der Waals surface area contributed by atoms with E-state index < -0.39 is 12.7 Å². The molecule has 0 aromatic heterocycles. The SMILES string of the molecule is CCC(CC)CN(CC)CCNCC(F)(F)F. The molecule has 0 aliphatic heterocycles. The normalized spacial score (nSPS) is 12.7. The van der Waals surface area contributed by atoms with E-state index in [1.807, 2.05) is 6.92 Å². The first-order valence-electron chi connectivity index (χ1n) is 6.42. The predicted molar refractivity (Wildman–Crippen MR) is 65.1 cm³/mol. The van der Waals surface area contributed by atoms with Gasteiger partial charge in [0.15, 0.2) is 0 Å². The van der Waals surface area contributed by atoms with E-state index >= 15 is 0 Å². The van der Waals surface area contributed by atoms with Crippen molar-refractivity contribution in [1.82, 2.24) is 10.2 Å². The Morgan fingerprint density at radius 2 is 1.71 bits per heavy atom. The Bertz CT molecular complexity index is 179. The summed E-state index contributed by atoms with van der Waals surface area (Å²) >= 11 is 0. The number of nitrogens with one attached hydrogen (secondary N) is 1. The second-order valence-corrected chi connectivity index (χ2v) is 4.37. The van der Waals surface area contributed by atoms with Gasteiger partial charge < -0.3 is 10.2 Å². The minimum atomic E-state index is -4.10. The number of halogens is 3. The third-order valence-electron chi connectivity index (χ3n) is 3.05. The minimum absolute atomic E-state index is 0.396. The Morgan fingerprint density at radius 1 is 1.12 bits per heavy atom. The molecule has 5 heteroatoms. The molecule has 0 aromatic rings. The molecule has 0 aromatic carbocycles. The Hall–Kier alpha value is -0.290. The average molecular weight is 254 g/mol. The first kappa shape index (κ1) is 16.7. The van der Waals surface area contributed by atoms with Gasteiger partial charge in [-0.05, 0) is 12.5 Å². The Morgan fingerprint density at radius 3 is 2.12 bits per heavy atom. The third kappa shape index (κ3) is 9.41. The zero-order valence-electron chi connectivity index (χ0n) is 11.1. The molecule has 0 atom stereocenters. The molecular weight excluding hydrogens is 229 g/mol. The zero-order valence-corrected chi connectivity index (χ0v) is 11.1. The first-order chi connectivity index (χ1) is 7.92. The molecule has 104 valence electrons. The largest absolute Gasteiger partial charge is 0.401 e. The van der Waals surface area contributed by atoms with Crippen molar-refractivity contribution in [2.24, 2.45) is 5.92 Å². The van der Waals surface area contributed by atoms with Gasteiger partial charge in [0.2, 0.25) is 0 Å². The molecule has 2 nitrogen and oxygen atoms in total. The molecule has 0 radical (unpaired) electrons. The summed E-state index contributed by atoms with van der Waals surface area (Å²) in [6.07, 6.45) is -1.85. The molecule has 0 fully saturated rings. The van der Waals surface area contributed by atoms with E-state index in [4.69, 9.17) is 0 Å². The number of rotatable bonds is 9. The summed E-state index contributed by atoms with van der Waals surface area (Å²) in [7, 11) is 0. The predicted octanol–water partition coefficient (Wildman–Crippen LogP) is 2.90. The molecule has 0 saturated carbocycles. The van der Waals surface area contributed by atoms with Crippen LogP contribution in [0.25, 0.3) is 0 Å². The van der Waals surface area contributed by atoms with Gasteiger partial charge in [-0.2, -0.15) is 13.2 Å². The summed E-state index contributed by atoms with van der Waals surface area (Å²) in [5.74, 6) is 0.651. The van der Waals surface area contributed by atoms with Gasteiger partial charge in [0.25, 0.3) is 0 Å². The van der Waals surface area contributed by atoms with Crippen molar-refractivity contribution < 1.29 is 13.2 Å². The highest BCUT2D eigenvalue weighted by atomic mass is 19.4. The number of nitrogens with zero attached hydrogens (tertiary/aromatic N) is 1. The quantitative estimate of drug-likeness (QED) is 0.636. The van der Waals surface area contributed by atoms with Gasteiger partial charge in [-0.15, -0.1) is 0 Å². The van der Waals surface area contributed by atoms with Crippen molar-refractivity contribution in [3.63, 3.8) is 0 Å². The van der Waals surface area contributed by atoms with Crippen molar-refractivity contribution in [1.29, 1.82) is 0 Å². The summed E-state index contributed by atoms with van der Waals surface area (Å²) in [6, 6.07) is 0. The fraction of sp³-hybridized carbons (Fsp3) is 1.00. The fourth-order valence-corrected chi connectivity index (χ4v) is 1.76. The topological polar surface area (TPSA) is 15.3 Å². The van der Waals surface area contributed by atoms with Gasteiger partial charge >= 0.3 is 6.18 Å². The van der Waals surface area contributed by atoms with E-state index in [1.165, 1.54) is 0 Å². The lowest BCUT2D eigenvalue weighted by molar-refractivity contribution is -0.124. The lowest BCUT2D eigenvalue weighted by Crippen LogP contribution is -2.38. The van der Waals surface area contributed by atoms with E-state index in [2.05, 4.69) is 24.1 Å². The van der Waals surface area contributed by atoms with E-state index in [1.54, 1.807) is 0 Å². The number of likely N-dealkylation sites (N-methyl/N-ethyl adjacent to an activating group) is 1. The second-order valence-electron chi connectivity index (χ2n) is 4.37. The van der Waals surface area contributed by atoms with E-state index in [-0.39, 0.29) is 0 Å². The molecular formula is C12H25F3N2. The maximum atomic E-state index is 11.9. The molecule has 1 N–H and O–H groups in total. The zero-order chi connectivity index (χ0) is 13.3. The van der Waals surface area contributed by atoms with Gasteiger partial charge in [0, 0.05) is 19.6 Å². The van der Waals surface area contributed by atoms with Crippen LogP contribution in [0, 0.1) is 5.92 Å². The maximum Gasteiger partial charge on any atom is 0.401 e. The Balaban J connectivity index is 3.75. The van der Waals surface area contributed by atoms with Crippen LogP contribution in [-0.2, 0) is 0 Å². The van der Waals surface area contributed by atoms with Crippen LogP contribution in [0.2, 0.25) is 0 Å². The van der Waals surface area contributed by atoms with Crippen molar-refractivity contribution >= 4 is 0 Å². The second kappa shape index (κ2) is 8.75. The highest BCUT2D eigenvalue weighted by Gasteiger charge is 2.26. The van der Waals surface area contributed by atoms with Crippen molar-refractivity contribution in [2.45, 2.75) is 39.8 Å². The monoisotopic (exact) mass is 254 g/mol. The van der Waals surface area contributed by atoms with Gasteiger partial charge in [-0.3, -0.25) is 0 Å². The molecule has 0 spiro atoms. The highest BCUT2D eigenvalue weighted by Crippen LogP contribution is 2.12. The molecule has 0 unspecified atom stereocenters. The molecule has 0 rings (SSSR count). The van der Waals surface area contributed by atoms with Crippen LogP contribution in [0.4, 0.5) is 13.2 Å². The average Bonchev–Trinajstić information content (AvgIpc) is 2.27. The molecule has 17 heavy (non-hydrogen) atoms. The number of hydrogen-bond acceptors (Lipinski definition) is 2.